The van der Waals surface area contributed by atoms with Crippen molar-refractivity contribution in [3.05, 3.63) is 53.9 Å². The van der Waals surface area contributed by atoms with Crippen molar-refractivity contribution in [2.45, 2.75) is 13.1 Å². The Morgan fingerprint density at radius 2 is 2.00 bits per heavy atom. The molecule has 1 aromatic heterocycles. The summed E-state index contributed by atoms with van der Waals surface area (Å²) in [6.07, 6.45) is 4.53. The number of carbonyl (C=O) groups is 1. The topological polar surface area (TPSA) is 33.2 Å². The van der Waals surface area contributed by atoms with Crippen LogP contribution in [0.15, 0.2) is 42.7 Å². The van der Waals surface area contributed by atoms with E-state index < -0.39 is 0 Å². The predicted molar refractivity (Wildman–Crippen MR) is 65.0 cm³/mol. The van der Waals surface area contributed by atoms with Crippen LogP contribution in [0.1, 0.15) is 11.1 Å². The van der Waals surface area contributed by atoms with Gasteiger partial charge in [-0.2, -0.15) is 0 Å². The average molecular weight is 224 g/mol. The summed E-state index contributed by atoms with van der Waals surface area (Å²) in [6.45, 7) is 1.44. The van der Waals surface area contributed by atoms with E-state index in [1.165, 1.54) is 11.1 Å². The number of carbonyl (C=O) groups excluding carboxylic acids is 1. The van der Waals surface area contributed by atoms with Gasteiger partial charge in [-0.3, -0.25) is 9.78 Å². The molecule has 1 aromatic carbocycles. The minimum Gasteiger partial charge on any atom is -0.337 e. The number of aromatic nitrogens is 1. The molecule has 0 fully saturated rings. The minimum atomic E-state index is 0.715. The van der Waals surface area contributed by atoms with Crippen molar-refractivity contribution in [2.24, 2.45) is 0 Å². The molecule has 3 heteroatoms. The molecule has 0 aliphatic carbocycles. The first-order valence-corrected chi connectivity index (χ1v) is 5.58. The molecule has 0 unspecified atom stereocenters. The highest BCUT2D eigenvalue weighted by Crippen LogP contribution is 2.27. The highest BCUT2D eigenvalue weighted by Gasteiger charge is 2.17. The lowest BCUT2D eigenvalue weighted by molar-refractivity contribution is -0.118. The molecule has 0 bridgehead atoms. The number of rotatable bonds is 2. The molecular weight excluding hydrogens is 212 g/mol. The van der Waals surface area contributed by atoms with Gasteiger partial charge in [0, 0.05) is 25.5 Å². The van der Waals surface area contributed by atoms with E-state index in [0.717, 1.165) is 24.1 Å². The van der Waals surface area contributed by atoms with E-state index in [1.807, 2.05) is 18.3 Å². The summed E-state index contributed by atoms with van der Waals surface area (Å²) in [5, 5.41) is 0. The van der Waals surface area contributed by atoms with Gasteiger partial charge in [0.2, 0.25) is 6.41 Å². The van der Waals surface area contributed by atoms with Gasteiger partial charge in [0.1, 0.15) is 0 Å². The van der Waals surface area contributed by atoms with Crippen LogP contribution in [-0.4, -0.2) is 16.3 Å². The molecule has 2 aromatic rings. The average Bonchev–Trinajstić information content (AvgIpc) is 2.81. The van der Waals surface area contributed by atoms with Gasteiger partial charge < -0.3 is 4.90 Å². The first-order chi connectivity index (χ1) is 8.36. The SMILES string of the molecule is O=CN1Cc2ccc(-c3cccnc3)cc2C1. The first kappa shape index (κ1) is 10.0. The third-order valence-electron chi connectivity index (χ3n) is 3.10. The second kappa shape index (κ2) is 4.01. The molecule has 0 spiro atoms. The Bertz CT molecular complexity index is 551. The molecule has 1 amide bonds. The maximum Gasteiger partial charge on any atom is 0.210 e. The van der Waals surface area contributed by atoms with Gasteiger partial charge in [0.15, 0.2) is 0 Å². The Morgan fingerprint density at radius 3 is 2.76 bits per heavy atom. The van der Waals surface area contributed by atoms with E-state index in [0.29, 0.717) is 6.54 Å². The molecule has 84 valence electrons. The number of pyridine rings is 1. The van der Waals surface area contributed by atoms with Crippen molar-refractivity contribution in [3.63, 3.8) is 0 Å². The van der Waals surface area contributed by atoms with E-state index in [1.54, 1.807) is 11.1 Å². The lowest BCUT2D eigenvalue weighted by Gasteiger charge is -2.04. The first-order valence-electron chi connectivity index (χ1n) is 5.58. The van der Waals surface area contributed by atoms with E-state index >= 15 is 0 Å². The molecule has 2 heterocycles. The fraction of sp³-hybridized carbons (Fsp3) is 0.143. The molecule has 0 saturated heterocycles. The minimum absolute atomic E-state index is 0.715. The Balaban J connectivity index is 1.99. The van der Waals surface area contributed by atoms with Gasteiger partial charge >= 0.3 is 0 Å². The highest BCUT2D eigenvalue weighted by molar-refractivity contribution is 5.65. The fourth-order valence-corrected chi connectivity index (χ4v) is 2.21. The zero-order chi connectivity index (χ0) is 11.7. The monoisotopic (exact) mass is 224 g/mol. The van der Waals surface area contributed by atoms with Crippen LogP contribution in [-0.2, 0) is 17.9 Å². The lowest BCUT2D eigenvalue weighted by atomic mass is 10.0. The van der Waals surface area contributed by atoms with Crippen LogP contribution >= 0.6 is 0 Å². The van der Waals surface area contributed by atoms with Crippen molar-refractivity contribution >= 4 is 6.41 Å². The van der Waals surface area contributed by atoms with Gasteiger partial charge in [0.05, 0.1) is 0 Å². The number of hydrogen-bond donors (Lipinski definition) is 0. The predicted octanol–water partition coefficient (Wildman–Crippen LogP) is 2.22. The van der Waals surface area contributed by atoms with Crippen LogP contribution in [0.25, 0.3) is 11.1 Å². The second-order valence-electron chi connectivity index (χ2n) is 4.24. The van der Waals surface area contributed by atoms with Crippen LogP contribution in [0.2, 0.25) is 0 Å². The summed E-state index contributed by atoms with van der Waals surface area (Å²) in [4.78, 5) is 16.6. The summed E-state index contributed by atoms with van der Waals surface area (Å²) in [7, 11) is 0. The third-order valence-corrected chi connectivity index (χ3v) is 3.10. The maximum atomic E-state index is 10.7. The van der Waals surface area contributed by atoms with Crippen LogP contribution in [0.5, 0.6) is 0 Å². The normalized spacial score (nSPS) is 13.5. The molecule has 1 aliphatic rings. The van der Waals surface area contributed by atoms with E-state index in [2.05, 4.69) is 23.2 Å². The van der Waals surface area contributed by atoms with E-state index in [-0.39, 0.29) is 0 Å². The summed E-state index contributed by atoms with van der Waals surface area (Å²) in [5.74, 6) is 0. The summed E-state index contributed by atoms with van der Waals surface area (Å²) >= 11 is 0. The van der Waals surface area contributed by atoms with Gasteiger partial charge in [-0.05, 0) is 34.4 Å². The zero-order valence-electron chi connectivity index (χ0n) is 9.34. The second-order valence-corrected chi connectivity index (χ2v) is 4.24. The van der Waals surface area contributed by atoms with Gasteiger partial charge in [-0.25, -0.2) is 0 Å². The molecule has 0 radical (unpaired) electrons. The standard InChI is InChI=1S/C14H12N2O/c17-10-16-8-13-4-3-11(6-14(13)9-16)12-2-1-5-15-7-12/h1-7,10H,8-9H2. The smallest absolute Gasteiger partial charge is 0.210 e. The Kier molecular flexibility index (Phi) is 2.37. The Hall–Kier alpha value is -2.16. The quantitative estimate of drug-likeness (QED) is 0.733. The van der Waals surface area contributed by atoms with Crippen LogP contribution in [0.4, 0.5) is 0 Å². The maximum absolute atomic E-state index is 10.7. The fourth-order valence-electron chi connectivity index (χ4n) is 2.21. The van der Waals surface area contributed by atoms with Crippen LogP contribution in [0, 0.1) is 0 Å². The van der Waals surface area contributed by atoms with Crippen molar-refractivity contribution in [2.75, 3.05) is 0 Å². The Morgan fingerprint density at radius 1 is 1.12 bits per heavy atom. The molecule has 0 atom stereocenters. The van der Waals surface area contributed by atoms with Gasteiger partial charge in [0.25, 0.3) is 0 Å². The molecule has 1 aliphatic heterocycles. The molecule has 0 saturated carbocycles. The van der Waals surface area contributed by atoms with Crippen molar-refractivity contribution in [1.82, 2.24) is 9.88 Å². The summed E-state index contributed by atoms with van der Waals surface area (Å²) in [5.41, 5.74) is 4.74. The van der Waals surface area contributed by atoms with Crippen LogP contribution in [0.3, 0.4) is 0 Å². The zero-order valence-corrected chi connectivity index (χ0v) is 9.34. The van der Waals surface area contributed by atoms with E-state index in [9.17, 15) is 4.79 Å². The lowest BCUT2D eigenvalue weighted by Crippen LogP contribution is -2.12. The number of hydrogen-bond acceptors (Lipinski definition) is 2. The molecule has 17 heavy (non-hydrogen) atoms. The summed E-state index contributed by atoms with van der Waals surface area (Å²) < 4.78 is 0. The third kappa shape index (κ3) is 1.80. The van der Waals surface area contributed by atoms with Gasteiger partial charge in [-0.15, -0.1) is 0 Å². The summed E-state index contributed by atoms with van der Waals surface area (Å²) in [6, 6.07) is 10.3. The highest BCUT2D eigenvalue weighted by atomic mass is 16.1. The molecule has 3 rings (SSSR count). The molecular formula is C14H12N2O. The van der Waals surface area contributed by atoms with Crippen molar-refractivity contribution < 1.29 is 4.79 Å². The van der Waals surface area contributed by atoms with E-state index in [4.69, 9.17) is 0 Å². The number of amides is 1. The number of fused-ring (bicyclic) bond motifs is 1. The largest absolute Gasteiger partial charge is 0.337 e. The van der Waals surface area contributed by atoms with Crippen LogP contribution < -0.4 is 0 Å². The van der Waals surface area contributed by atoms with Crippen molar-refractivity contribution in [1.29, 1.82) is 0 Å². The Labute approximate surface area is 99.7 Å². The molecule has 3 nitrogen and oxygen atoms in total. The molecule has 0 N–H and O–H groups in total. The van der Waals surface area contributed by atoms with Crippen molar-refractivity contribution in [3.8, 4) is 11.1 Å². The number of benzene rings is 1. The van der Waals surface area contributed by atoms with Gasteiger partial charge in [-0.1, -0.05) is 18.2 Å². The number of nitrogens with zero attached hydrogens (tertiary/aromatic N) is 2.